The third-order valence-electron chi connectivity index (χ3n) is 4.10. The van der Waals surface area contributed by atoms with Crippen molar-refractivity contribution in [2.75, 3.05) is 0 Å². The van der Waals surface area contributed by atoms with Gasteiger partial charge in [-0.2, -0.15) is 0 Å². The fraction of sp³-hybridized carbons (Fsp3) is 0.714. The highest BCUT2D eigenvalue weighted by Crippen LogP contribution is 2.39. The average Bonchev–Trinajstić information content (AvgIpc) is 3.12. The van der Waals surface area contributed by atoms with Gasteiger partial charge in [0.15, 0.2) is 0 Å². The van der Waals surface area contributed by atoms with Gasteiger partial charge in [-0.3, -0.25) is 4.79 Å². The van der Waals surface area contributed by atoms with Crippen LogP contribution in [0.25, 0.3) is 0 Å². The van der Waals surface area contributed by atoms with E-state index < -0.39 is 0 Å². The Morgan fingerprint density at radius 2 is 2.06 bits per heavy atom. The maximum Gasteiger partial charge on any atom is 0.251 e. The first-order chi connectivity index (χ1) is 8.22. The molecule has 2 saturated carbocycles. The molecule has 1 N–H and O–H groups in total. The van der Waals surface area contributed by atoms with Crippen LogP contribution in [0, 0.1) is 5.92 Å². The van der Waals surface area contributed by atoms with Crippen LogP contribution in [0.15, 0.2) is 10.9 Å². The molecule has 1 aromatic heterocycles. The molecule has 2 atom stereocenters. The second-order valence-electron chi connectivity index (χ2n) is 5.80. The Labute approximate surface area is 102 Å². The van der Waals surface area contributed by atoms with Crippen LogP contribution in [0.4, 0.5) is 0 Å². The number of aromatic nitrogens is 2. The summed E-state index contributed by atoms with van der Waals surface area (Å²) in [5, 5.41) is 0. The molecule has 0 aliphatic heterocycles. The van der Waals surface area contributed by atoms with Crippen LogP contribution in [0.5, 0.6) is 0 Å². The van der Waals surface area contributed by atoms with E-state index >= 15 is 0 Å². The van der Waals surface area contributed by atoms with E-state index in [2.05, 4.69) is 11.9 Å². The predicted octanol–water partition coefficient (Wildman–Crippen LogP) is 2.94. The van der Waals surface area contributed by atoms with Gasteiger partial charge >= 0.3 is 0 Å². The molecule has 0 aromatic carbocycles. The molecule has 3 rings (SSSR count). The lowest BCUT2D eigenvalue weighted by Crippen LogP contribution is -2.19. The second-order valence-corrected chi connectivity index (χ2v) is 5.80. The molecule has 3 heteroatoms. The lowest BCUT2D eigenvalue weighted by atomic mass is 9.82. The highest BCUT2D eigenvalue weighted by molar-refractivity contribution is 5.15. The Kier molecular flexibility index (Phi) is 2.77. The summed E-state index contributed by atoms with van der Waals surface area (Å²) in [6.07, 6.45) is 7.36. The normalized spacial score (nSPS) is 29.2. The highest BCUT2D eigenvalue weighted by atomic mass is 16.1. The average molecular weight is 232 g/mol. The summed E-state index contributed by atoms with van der Waals surface area (Å²) in [6.45, 7) is 2.30. The highest BCUT2D eigenvalue weighted by Gasteiger charge is 2.28. The minimum atomic E-state index is 0.0372. The maximum absolute atomic E-state index is 11.7. The molecule has 17 heavy (non-hydrogen) atoms. The minimum absolute atomic E-state index is 0.0372. The minimum Gasteiger partial charge on any atom is -0.310 e. The van der Waals surface area contributed by atoms with Crippen molar-refractivity contribution in [1.82, 2.24) is 9.97 Å². The van der Waals surface area contributed by atoms with E-state index in [0.29, 0.717) is 11.8 Å². The third-order valence-corrected chi connectivity index (χ3v) is 4.10. The molecular weight excluding hydrogens is 212 g/mol. The van der Waals surface area contributed by atoms with Crippen molar-refractivity contribution in [3.05, 3.63) is 27.9 Å². The Morgan fingerprint density at radius 1 is 1.24 bits per heavy atom. The first-order valence-corrected chi connectivity index (χ1v) is 6.83. The SMILES string of the molecule is CC1CCCC(c2nc(C3CC3)cc(=O)[nH]2)C1. The molecule has 1 heterocycles. The van der Waals surface area contributed by atoms with Crippen LogP contribution < -0.4 is 5.56 Å². The van der Waals surface area contributed by atoms with Gasteiger partial charge in [0.2, 0.25) is 0 Å². The molecule has 2 unspecified atom stereocenters. The lowest BCUT2D eigenvalue weighted by molar-refractivity contribution is 0.334. The van der Waals surface area contributed by atoms with Crippen molar-refractivity contribution in [2.45, 2.75) is 57.3 Å². The summed E-state index contributed by atoms with van der Waals surface area (Å²) in [5.41, 5.74) is 1.07. The molecule has 0 amide bonds. The number of rotatable bonds is 2. The number of nitrogens with one attached hydrogen (secondary N) is 1. The molecule has 2 aliphatic carbocycles. The third kappa shape index (κ3) is 2.43. The Bertz CT molecular complexity index is 462. The molecular formula is C14H20N2O. The monoisotopic (exact) mass is 232 g/mol. The molecule has 2 fully saturated rings. The lowest BCUT2D eigenvalue weighted by Gasteiger charge is -2.26. The van der Waals surface area contributed by atoms with Crippen molar-refractivity contribution in [2.24, 2.45) is 5.92 Å². The van der Waals surface area contributed by atoms with Crippen molar-refractivity contribution in [1.29, 1.82) is 0 Å². The zero-order valence-corrected chi connectivity index (χ0v) is 10.4. The van der Waals surface area contributed by atoms with Gasteiger partial charge in [-0.1, -0.05) is 19.8 Å². The van der Waals surface area contributed by atoms with Gasteiger partial charge in [0.1, 0.15) is 5.82 Å². The summed E-state index contributed by atoms with van der Waals surface area (Å²) in [4.78, 5) is 19.3. The van der Waals surface area contributed by atoms with E-state index in [1.54, 1.807) is 6.07 Å². The van der Waals surface area contributed by atoms with E-state index in [0.717, 1.165) is 17.4 Å². The zero-order valence-electron chi connectivity index (χ0n) is 10.4. The number of hydrogen-bond acceptors (Lipinski definition) is 2. The first-order valence-electron chi connectivity index (χ1n) is 6.83. The van der Waals surface area contributed by atoms with Crippen molar-refractivity contribution in [3.63, 3.8) is 0 Å². The van der Waals surface area contributed by atoms with Crippen LogP contribution in [-0.2, 0) is 0 Å². The standard InChI is InChI=1S/C14H20N2O/c1-9-3-2-4-11(7-9)14-15-12(10-5-6-10)8-13(17)16-14/h8-11H,2-7H2,1H3,(H,15,16,17). The second kappa shape index (κ2) is 4.28. The maximum atomic E-state index is 11.7. The van der Waals surface area contributed by atoms with Crippen molar-refractivity contribution in [3.8, 4) is 0 Å². The van der Waals surface area contributed by atoms with E-state index in [1.165, 1.54) is 38.5 Å². The summed E-state index contributed by atoms with van der Waals surface area (Å²) in [6, 6.07) is 1.69. The predicted molar refractivity (Wildman–Crippen MR) is 67.2 cm³/mol. The van der Waals surface area contributed by atoms with Gasteiger partial charge in [-0.15, -0.1) is 0 Å². The molecule has 3 nitrogen and oxygen atoms in total. The molecule has 0 saturated heterocycles. The zero-order chi connectivity index (χ0) is 11.8. The molecule has 2 aliphatic rings. The summed E-state index contributed by atoms with van der Waals surface area (Å²) < 4.78 is 0. The number of hydrogen-bond donors (Lipinski definition) is 1. The molecule has 0 bridgehead atoms. The van der Waals surface area contributed by atoms with E-state index in [4.69, 9.17) is 4.98 Å². The topological polar surface area (TPSA) is 45.8 Å². The van der Waals surface area contributed by atoms with E-state index in [9.17, 15) is 4.79 Å². The Hall–Kier alpha value is -1.12. The number of aromatic amines is 1. The van der Waals surface area contributed by atoms with Crippen molar-refractivity contribution >= 4 is 0 Å². The van der Waals surface area contributed by atoms with Crippen LogP contribution in [-0.4, -0.2) is 9.97 Å². The fourth-order valence-corrected chi connectivity index (χ4v) is 2.96. The Balaban J connectivity index is 1.88. The molecule has 0 spiro atoms. The number of H-pyrrole nitrogens is 1. The summed E-state index contributed by atoms with van der Waals surface area (Å²) in [7, 11) is 0. The molecule has 1 aromatic rings. The number of nitrogens with zero attached hydrogens (tertiary/aromatic N) is 1. The van der Waals surface area contributed by atoms with Crippen molar-refractivity contribution < 1.29 is 0 Å². The van der Waals surface area contributed by atoms with Crippen LogP contribution >= 0.6 is 0 Å². The van der Waals surface area contributed by atoms with Gasteiger partial charge in [-0.25, -0.2) is 4.98 Å². The summed E-state index contributed by atoms with van der Waals surface area (Å²) >= 11 is 0. The van der Waals surface area contributed by atoms with Crippen LogP contribution in [0.2, 0.25) is 0 Å². The van der Waals surface area contributed by atoms with Gasteiger partial charge < -0.3 is 4.98 Å². The summed E-state index contributed by atoms with van der Waals surface area (Å²) in [5.74, 6) is 2.76. The smallest absolute Gasteiger partial charge is 0.251 e. The molecule has 0 radical (unpaired) electrons. The fourth-order valence-electron chi connectivity index (χ4n) is 2.96. The van der Waals surface area contributed by atoms with Gasteiger partial charge in [0.05, 0.1) is 5.69 Å². The largest absolute Gasteiger partial charge is 0.310 e. The quantitative estimate of drug-likeness (QED) is 0.852. The van der Waals surface area contributed by atoms with E-state index in [-0.39, 0.29) is 5.56 Å². The molecule has 92 valence electrons. The van der Waals surface area contributed by atoms with Gasteiger partial charge in [-0.05, 0) is 31.6 Å². The first kappa shape index (κ1) is 11.0. The Morgan fingerprint density at radius 3 is 2.76 bits per heavy atom. The van der Waals surface area contributed by atoms with Gasteiger partial charge in [0, 0.05) is 17.9 Å². The van der Waals surface area contributed by atoms with E-state index in [1.807, 2.05) is 0 Å². The van der Waals surface area contributed by atoms with Crippen LogP contribution in [0.3, 0.4) is 0 Å². The van der Waals surface area contributed by atoms with Gasteiger partial charge in [0.25, 0.3) is 5.56 Å². The van der Waals surface area contributed by atoms with Crippen LogP contribution in [0.1, 0.15) is 68.8 Å².